The van der Waals surface area contributed by atoms with Gasteiger partial charge in [0.05, 0.1) is 6.61 Å². The van der Waals surface area contributed by atoms with Crippen molar-refractivity contribution in [2.24, 2.45) is 0 Å². The fourth-order valence-corrected chi connectivity index (χ4v) is 0.628. The number of aromatic nitrogens is 1. The summed E-state index contributed by atoms with van der Waals surface area (Å²) in [5.41, 5.74) is 1.02. The van der Waals surface area contributed by atoms with E-state index in [4.69, 9.17) is 5.11 Å². The van der Waals surface area contributed by atoms with Gasteiger partial charge in [-0.15, -0.1) is 0 Å². The molecule has 2 heteroatoms. The highest BCUT2D eigenvalue weighted by molar-refractivity contribution is 5.44. The number of H-pyrrole nitrogens is 1. The maximum atomic E-state index is 8.36. The number of aromatic amines is 1. The van der Waals surface area contributed by atoms with Crippen LogP contribution in [0.25, 0.3) is 6.08 Å². The Morgan fingerprint density at radius 3 is 3.11 bits per heavy atom. The van der Waals surface area contributed by atoms with Crippen molar-refractivity contribution in [1.82, 2.24) is 4.98 Å². The van der Waals surface area contributed by atoms with Crippen LogP contribution in [-0.2, 0) is 0 Å². The molecule has 2 nitrogen and oxygen atoms in total. The molecule has 0 aliphatic heterocycles. The molecule has 0 amide bonds. The highest BCUT2D eigenvalue weighted by Crippen LogP contribution is 1.95. The van der Waals surface area contributed by atoms with Gasteiger partial charge in [0.15, 0.2) is 0 Å². The zero-order valence-electron chi connectivity index (χ0n) is 5.04. The number of hydrogen-bond acceptors (Lipinski definition) is 1. The third-order valence-corrected chi connectivity index (χ3v) is 1.02. The van der Waals surface area contributed by atoms with Crippen LogP contribution in [0.15, 0.2) is 24.4 Å². The van der Waals surface area contributed by atoms with Gasteiger partial charge in [-0.05, 0) is 18.2 Å². The lowest BCUT2D eigenvalue weighted by Crippen LogP contribution is -1.71. The Labute approximate surface area is 53.8 Å². The molecule has 0 radical (unpaired) electrons. The lowest BCUT2D eigenvalue weighted by molar-refractivity contribution is 0.343. The van der Waals surface area contributed by atoms with E-state index in [2.05, 4.69) is 4.98 Å². The summed E-state index contributed by atoms with van der Waals surface area (Å²) >= 11 is 0. The number of rotatable bonds is 2. The minimum atomic E-state index is 0.0962. The molecule has 0 aliphatic rings. The first-order valence-electron chi connectivity index (χ1n) is 2.84. The largest absolute Gasteiger partial charge is 0.392 e. The first kappa shape index (κ1) is 6.11. The molecule has 0 fully saturated rings. The predicted octanol–water partition coefficient (Wildman–Crippen LogP) is 1.02. The number of hydrogen-bond donors (Lipinski definition) is 2. The molecule has 0 spiro atoms. The van der Waals surface area contributed by atoms with E-state index in [1.54, 1.807) is 6.08 Å². The van der Waals surface area contributed by atoms with Crippen LogP contribution in [0.3, 0.4) is 0 Å². The third-order valence-electron chi connectivity index (χ3n) is 1.02. The van der Waals surface area contributed by atoms with E-state index < -0.39 is 0 Å². The van der Waals surface area contributed by atoms with E-state index in [9.17, 15) is 0 Å². The fraction of sp³-hybridized carbons (Fsp3) is 0.143. The van der Waals surface area contributed by atoms with Gasteiger partial charge in [0, 0.05) is 11.9 Å². The van der Waals surface area contributed by atoms with Gasteiger partial charge in [-0.2, -0.15) is 0 Å². The molecule has 0 saturated carbocycles. The Hall–Kier alpha value is -1.02. The summed E-state index contributed by atoms with van der Waals surface area (Å²) in [6, 6.07) is 3.85. The van der Waals surface area contributed by atoms with E-state index in [-0.39, 0.29) is 6.61 Å². The van der Waals surface area contributed by atoms with Crippen LogP contribution < -0.4 is 0 Å². The normalized spacial score (nSPS) is 10.8. The van der Waals surface area contributed by atoms with Gasteiger partial charge in [0.2, 0.25) is 0 Å². The first-order valence-corrected chi connectivity index (χ1v) is 2.84. The van der Waals surface area contributed by atoms with E-state index in [1.807, 2.05) is 24.4 Å². The highest BCUT2D eigenvalue weighted by Gasteiger charge is 1.80. The minimum absolute atomic E-state index is 0.0962. The Bertz CT molecular complexity index is 177. The third kappa shape index (κ3) is 1.74. The van der Waals surface area contributed by atoms with Crippen molar-refractivity contribution < 1.29 is 5.11 Å². The molecule has 2 N–H and O–H groups in total. The average Bonchev–Trinajstić information content (AvgIpc) is 2.34. The van der Waals surface area contributed by atoms with Gasteiger partial charge in [0.1, 0.15) is 0 Å². The Kier molecular flexibility index (Phi) is 2.10. The molecule has 0 bridgehead atoms. The molecular weight excluding hydrogens is 114 g/mol. The van der Waals surface area contributed by atoms with Crippen LogP contribution in [0.4, 0.5) is 0 Å². The second-order valence-corrected chi connectivity index (χ2v) is 1.71. The van der Waals surface area contributed by atoms with Gasteiger partial charge < -0.3 is 10.1 Å². The molecular formula is C7H9NO. The van der Waals surface area contributed by atoms with Crippen molar-refractivity contribution in [2.45, 2.75) is 0 Å². The van der Waals surface area contributed by atoms with Gasteiger partial charge in [-0.25, -0.2) is 0 Å². The SMILES string of the molecule is OC/C=C/c1ccc[nH]1. The zero-order chi connectivity index (χ0) is 6.53. The van der Waals surface area contributed by atoms with Crippen LogP contribution in [0.5, 0.6) is 0 Å². The first-order chi connectivity index (χ1) is 4.43. The summed E-state index contributed by atoms with van der Waals surface area (Å²) in [6.07, 6.45) is 5.36. The van der Waals surface area contributed by atoms with Gasteiger partial charge >= 0.3 is 0 Å². The molecule has 0 atom stereocenters. The molecule has 1 aromatic rings. The molecule has 0 aliphatic carbocycles. The molecule has 48 valence electrons. The minimum Gasteiger partial charge on any atom is -0.392 e. The smallest absolute Gasteiger partial charge is 0.0616 e. The number of aliphatic hydroxyl groups is 1. The second kappa shape index (κ2) is 3.10. The summed E-state index contributed by atoms with van der Waals surface area (Å²) in [7, 11) is 0. The lowest BCUT2D eigenvalue weighted by atomic mass is 10.4. The Morgan fingerprint density at radius 1 is 1.67 bits per heavy atom. The number of nitrogens with one attached hydrogen (secondary N) is 1. The Balaban J connectivity index is 2.57. The van der Waals surface area contributed by atoms with Crippen LogP contribution in [0.2, 0.25) is 0 Å². The predicted molar refractivity (Wildman–Crippen MR) is 36.9 cm³/mol. The topological polar surface area (TPSA) is 36.0 Å². The van der Waals surface area contributed by atoms with E-state index in [1.165, 1.54) is 0 Å². The summed E-state index contributed by atoms with van der Waals surface area (Å²) in [5.74, 6) is 0. The monoisotopic (exact) mass is 123 g/mol. The lowest BCUT2D eigenvalue weighted by Gasteiger charge is -1.80. The second-order valence-electron chi connectivity index (χ2n) is 1.71. The fourth-order valence-electron chi connectivity index (χ4n) is 0.628. The molecule has 1 heterocycles. The van der Waals surface area contributed by atoms with Gasteiger partial charge in [-0.3, -0.25) is 0 Å². The summed E-state index contributed by atoms with van der Waals surface area (Å²) in [5, 5.41) is 8.36. The standard InChI is InChI=1S/C7H9NO/c9-6-2-4-7-3-1-5-8-7/h1-5,8-9H,6H2/b4-2+. The molecule has 0 saturated heterocycles. The van der Waals surface area contributed by atoms with Crippen molar-refractivity contribution >= 4 is 6.08 Å². The van der Waals surface area contributed by atoms with Gasteiger partial charge in [0.25, 0.3) is 0 Å². The molecule has 1 rings (SSSR count). The number of aliphatic hydroxyl groups excluding tert-OH is 1. The van der Waals surface area contributed by atoms with Crippen molar-refractivity contribution in [3.05, 3.63) is 30.1 Å². The molecule has 0 unspecified atom stereocenters. The molecule has 1 aromatic heterocycles. The van der Waals surface area contributed by atoms with E-state index in [0.717, 1.165) is 5.69 Å². The van der Waals surface area contributed by atoms with Crippen LogP contribution in [0.1, 0.15) is 5.69 Å². The van der Waals surface area contributed by atoms with Crippen LogP contribution in [0, 0.1) is 0 Å². The summed E-state index contributed by atoms with van der Waals surface area (Å²) in [4.78, 5) is 2.97. The summed E-state index contributed by atoms with van der Waals surface area (Å²) < 4.78 is 0. The van der Waals surface area contributed by atoms with E-state index in [0.29, 0.717) is 0 Å². The van der Waals surface area contributed by atoms with Crippen molar-refractivity contribution in [3.8, 4) is 0 Å². The highest BCUT2D eigenvalue weighted by atomic mass is 16.2. The average molecular weight is 123 g/mol. The Morgan fingerprint density at radius 2 is 2.56 bits per heavy atom. The maximum absolute atomic E-state index is 8.36. The van der Waals surface area contributed by atoms with Crippen LogP contribution in [-0.4, -0.2) is 16.7 Å². The zero-order valence-corrected chi connectivity index (χ0v) is 5.04. The molecule has 9 heavy (non-hydrogen) atoms. The van der Waals surface area contributed by atoms with Crippen LogP contribution >= 0.6 is 0 Å². The van der Waals surface area contributed by atoms with Crippen molar-refractivity contribution in [1.29, 1.82) is 0 Å². The summed E-state index contributed by atoms with van der Waals surface area (Å²) in [6.45, 7) is 0.0962. The molecule has 0 aromatic carbocycles. The quantitative estimate of drug-likeness (QED) is 0.605. The van der Waals surface area contributed by atoms with Crippen molar-refractivity contribution in [3.63, 3.8) is 0 Å². The van der Waals surface area contributed by atoms with Crippen molar-refractivity contribution in [2.75, 3.05) is 6.61 Å². The maximum Gasteiger partial charge on any atom is 0.0616 e. The van der Waals surface area contributed by atoms with Gasteiger partial charge in [-0.1, -0.05) is 6.08 Å². The van der Waals surface area contributed by atoms with E-state index >= 15 is 0 Å².